The fourth-order valence-corrected chi connectivity index (χ4v) is 1.90. The summed E-state index contributed by atoms with van der Waals surface area (Å²) in [7, 11) is 1.71. The van der Waals surface area contributed by atoms with E-state index in [1.807, 2.05) is 0 Å². The molecule has 2 atom stereocenters. The lowest BCUT2D eigenvalue weighted by Gasteiger charge is -2.29. The molecule has 1 fully saturated rings. The van der Waals surface area contributed by atoms with Gasteiger partial charge in [-0.15, -0.1) is 0 Å². The third kappa shape index (κ3) is 5.80. The van der Waals surface area contributed by atoms with E-state index in [4.69, 9.17) is 14.2 Å². The Hall–Kier alpha value is -0.160. The van der Waals surface area contributed by atoms with Gasteiger partial charge in [-0.25, -0.2) is 0 Å². The second-order valence-corrected chi connectivity index (χ2v) is 4.34. The molecule has 0 saturated carbocycles. The van der Waals surface area contributed by atoms with Gasteiger partial charge < -0.3 is 19.5 Å². The monoisotopic (exact) mass is 231 g/mol. The van der Waals surface area contributed by atoms with Gasteiger partial charge in [0.1, 0.15) is 0 Å². The average molecular weight is 231 g/mol. The summed E-state index contributed by atoms with van der Waals surface area (Å²) in [6.45, 7) is 7.31. The van der Waals surface area contributed by atoms with Crippen molar-refractivity contribution in [3.05, 3.63) is 0 Å². The molecule has 4 heteroatoms. The maximum Gasteiger partial charge on any atom is 0.0704 e. The SMILES string of the molecule is COCCCOCCOC1CCNCC1C. The van der Waals surface area contributed by atoms with E-state index in [0.29, 0.717) is 25.2 Å². The van der Waals surface area contributed by atoms with Crippen LogP contribution in [0.3, 0.4) is 0 Å². The minimum absolute atomic E-state index is 0.406. The van der Waals surface area contributed by atoms with Gasteiger partial charge in [0.15, 0.2) is 0 Å². The van der Waals surface area contributed by atoms with E-state index in [2.05, 4.69) is 12.2 Å². The summed E-state index contributed by atoms with van der Waals surface area (Å²) in [5, 5.41) is 3.36. The van der Waals surface area contributed by atoms with Crippen LogP contribution in [0.15, 0.2) is 0 Å². The minimum atomic E-state index is 0.406. The molecule has 0 aromatic heterocycles. The molecule has 0 aromatic carbocycles. The second-order valence-electron chi connectivity index (χ2n) is 4.34. The molecule has 4 nitrogen and oxygen atoms in total. The fraction of sp³-hybridized carbons (Fsp3) is 1.00. The number of methoxy groups -OCH3 is 1. The van der Waals surface area contributed by atoms with E-state index in [1.54, 1.807) is 7.11 Å². The van der Waals surface area contributed by atoms with Gasteiger partial charge in [0.25, 0.3) is 0 Å². The van der Waals surface area contributed by atoms with Gasteiger partial charge >= 0.3 is 0 Å². The molecule has 1 saturated heterocycles. The first kappa shape index (κ1) is 13.9. The standard InChI is InChI=1S/C12H25NO3/c1-11-10-13-5-4-12(11)16-9-8-15-7-3-6-14-2/h11-13H,3-10H2,1-2H3. The van der Waals surface area contributed by atoms with Crippen LogP contribution in [0.2, 0.25) is 0 Å². The van der Waals surface area contributed by atoms with Crippen LogP contribution in [0, 0.1) is 5.92 Å². The Balaban J connectivity index is 1.90. The normalized spacial score (nSPS) is 25.9. The van der Waals surface area contributed by atoms with Crippen molar-refractivity contribution in [2.24, 2.45) is 5.92 Å². The number of nitrogens with one attached hydrogen (secondary N) is 1. The highest BCUT2D eigenvalue weighted by Gasteiger charge is 2.20. The molecule has 0 amide bonds. The lowest BCUT2D eigenvalue weighted by Crippen LogP contribution is -2.40. The van der Waals surface area contributed by atoms with Crippen LogP contribution in [0.1, 0.15) is 19.8 Å². The Labute approximate surface area is 98.6 Å². The van der Waals surface area contributed by atoms with Crippen molar-refractivity contribution in [1.29, 1.82) is 0 Å². The Morgan fingerprint density at radius 1 is 1.19 bits per heavy atom. The minimum Gasteiger partial charge on any atom is -0.385 e. The molecule has 0 bridgehead atoms. The molecule has 96 valence electrons. The smallest absolute Gasteiger partial charge is 0.0704 e. The van der Waals surface area contributed by atoms with Gasteiger partial charge in [0.05, 0.1) is 19.3 Å². The first-order valence-electron chi connectivity index (χ1n) is 6.23. The Bertz CT molecular complexity index is 166. The highest BCUT2D eigenvalue weighted by Crippen LogP contribution is 2.13. The topological polar surface area (TPSA) is 39.7 Å². The maximum absolute atomic E-state index is 5.81. The predicted octanol–water partition coefficient (Wildman–Crippen LogP) is 1.05. The molecule has 0 radical (unpaired) electrons. The average Bonchev–Trinajstić information content (AvgIpc) is 2.30. The quantitative estimate of drug-likeness (QED) is 0.634. The molecular formula is C12H25NO3. The van der Waals surface area contributed by atoms with Crippen molar-refractivity contribution in [2.75, 3.05) is 46.6 Å². The lowest BCUT2D eigenvalue weighted by molar-refractivity contribution is -0.0306. The molecule has 16 heavy (non-hydrogen) atoms. The number of rotatable bonds is 8. The van der Waals surface area contributed by atoms with Gasteiger partial charge in [0.2, 0.25) is 0 Å². The number of hydrogen-bond acceptors (Lipinski definition) is 4. The molecule has 0 aromatic rings. The van der Waals surface area contributed by atoms with E-state index < -0.39 is 0 Å². The van der Waals surface area contributed by atoms with E-state index in [9.17, 15) is 0 Å². The van der Waals surface area contributed by atoms with E-state index in [0.717, 1.165) is 39.1 Å². The van der Waals surface area contributed by atoms with Gasteiger partial charge in [-0.1, -0.05) is 6.92 Å². The van der Waals surface area contributed by atoms with Crippen LogP contribution in [-0.2, 0) is 14.2 Å². The van der Waals surface area contributed by atoms with Crippen LogP contribution in [0.25, 0.3) is 0 Å². The van der Waals surface area contributed by atoms with Crippen molar-refractivity contribution in [3.63, 3.8) is 0 Å². The molecular weight excluding hydrogens is 206 g/mol. The number of ether oxygens (including phenoxy) is 3. The molecule has 0 spiro atoms. The number of piperidine rings is 1. The van der Waals surface area contributed by atoms with Crippen molar-refractivity contribution >= 4 is 0 Å². The zero-order chi connectivity index (χ0) is 11.6. The van der Waals surface area contributed by atoms with Crippen LogP contribution in [-0.4, -0.2) is 52.7 Å². The summed E-state index contributed by atoms with van der Waals surface area (Å²) in [6.07, 6.45) is 2.48. The Morgan fingerprint density at radius 2 is 2.06 bits per heavy atom. The van der Waals surface area contributed by atoms with E-state index >= 15 is 0 Å². The zero-order valence-corrected chi connectivity index (χ0v) is 10.5. The van der Waals surface area contributed by atoms with Gasteiger partial charge in [-0.3, -0.25) is 0 Å². The summed E-state index contributed by atoms with van der Waals surface area (Å²) in [4.78, 5) is 0. The summed E-state index contributed by atoms with van der Waals surface area (Å²) >= 11 is 0. The first-order chi connectivity index (χ1) is 7.84. The van der Waals surface area contributed by atoms with Gasteiger partial charge in [-0.05, 0) is 25.3 Å². The summed E-state index contributed by atoms with van der Waals surface area (Å²) in [5.74, 6) is 0.613. The van der Waals surface area contributed by atoms with E-state index in [-0.39, 0.29) is 0 Å². The van der Waals surface area contributed by atoms with Gasteiger partial charge in [0, 0.05) is 26.9 Å². The summed E-state index contributed by atoms with van der Waals surface area (Å²) in [6, 6.07) is 0. The molecule has 1 aliphatic rings. The van der Waals surface area contributed by atoms with Crippen molar-refractivity contribution in [2.45, 2.75) is 25.9 Å². The van der Waals surface area contributed by atoms with Crippen molar-refractivity contribution in [3.8, 4) is 0 Å². The highest BCUT2D eigenvalue weighted by molar-refractivity contribution is 4.75. The zero-order valence-electron chi connectivity index (χ0n) is 10.5. The number of hydrogen-bond donors (Lipinski definition) is 1. The second kappa shape index (κ2) is 8.93. The predicted molar refractivity (Wildman–Crippen MR) is 63.7 cm³/mol. The fourth-order valence-electron chi connectivity index (χ4n) is 1.90. The third-order valence-electron chi connectivity index (χ3n) is 2.90. The molecule has 1 heterocycles. The van der Waals surface area contributed by atoms with E-state index in [1.165, 1.54) is 0 Å². The van der Waals surface area contributed by atoms with Gasteiger partial charge in [-0.2, -0.15) is 0 Å². The van der Waals surface area contributed by atoms with Crippen molar-refractivity contribution in [1.82, 2.24) is 5.32 Å². The highest BCUT2D eigenvalue weighted by atomic mass is 16.5. The summed E-state index contributed by atoms with van der Waals surface area (Å²) < 4.78 is 16.2. The molecule has 1 aliphatic heterocycles. The first-order valence-corrected chi connectivity index (χ1v) is 6.23. The van der Waals surface area contributed by atoms with Crippen molar-refractivity contribution < 1.29 is 14.2 Å². The van der Waals surface area contributed by atoms with Crippen LogP contribution >= 0.6 is 0 Å². The summed E-state index contributed by atoms with van der Waals surface area (Å²) in [5.41, 5.74) is 0. The Morgan fingerprint density at radius 3 is 2.81 bits per heavy atom. The maximum atomic E-state index is 5.81. The molecule has 0 aliphatic carbocycles. The lowest BCUT2D eigenvalue weighted by atomic mass is 9.98. The molecule has 1 rings (SSSR count). The van der Waals surface area contributed by atoms with Crippen LogP contribution < -0.4 is 5.32 Å². The largest absolute Gasteiger partial charge is 0.385 e. The third-order valence-corrected chi connectivity index (χ3v) is 2.90. The Kier molecular flexibility index (Phi) is 7.76. The molecule has 1 N–H and O–H groups in total. The van der Waals surface area contributed by atoms with Crippen LogP contribution in [0.5, 0.6) is 0 Å². The van der Waals surface area contributed by atoms with Crippen LogP contribution in [0.4, 0.5) is 0 Å². The molecule has 2 unspecified atom stereocenters.